The Bertz CT molecular complexity index is 681. The summed E-state index contributed by atoms with van der Waals surface area (Å²) in [6.07, 6.45) is 1.76. The van der Waals surface area contributed by atoms with E-state index in [9.17, 15) is 5.11 Å². The fourth-order valence-electron chi connectivity index (χ4n) is 1.89. The van der Waals surface area contributed by atoms with E-state index in [0.29, 0.717) is 16.8 Å². The molecule has 0 bridgehead atoms. The van der Waals surface area contributed by atoms with Crippen LogP contribution >= 0.6 is 15.9 Å². The van der Waals surface area contributed by atoms with Gasteiger partial charge < -0.3 is 9.84 Å². The van der Waals surface area contributed by atoms with Crippen molar-refractivity contribution in [2.24, 2.45) is 4.99 Å². The van der Waals surface area contributed by atoms with Crippen LogP contribution < -0.4 is 4.74 Å². The second kappa shape index (κ2) is 6.76. The lowest BCUT2D eigenvalue weighted by molar-refractivity contribution is 0.317. The van der Waals surface area contributed by atoms with Crippen LogP contribution in [0, 0.1) is 13.8 Å². The van der Waals surface area contributed by atoms with Crippen LogP contribution in [0.25, 0.3) is 0 Å². The molecule has 0 fully saturated rings. The van der Waals surface area contributed by atoms with Gasteiger partial charge in [-0.3, -0.25) is 4.99 Å². The van der Waals surface area contributed by atoms with Gasteiger partial charge >= 0.3 is 0 Å². The van der Waals surface area contributed by atoms with E-state index < -0.39 is 0 Å². The largest absolute Gasteiger partial charge is 0.503 e. The van der Waals surface area contributed by atoms with Gasteiger partial charge in [0.1, 0.15) is 0 Å². The molecule has 2 rings (SSSR count). The summed E-state index contributed by atoms with van der Waals surface area (Å²) >= 11 is 3.32. The number of ether oxygens (including phenoxy) is 1. The highest BCUT2D eigenvalue weighted by Crippen LogP contribution is 2.35. The zero-order valence-corrected chi connectivity index (χ0v) is 13.9. The molecule has 0 unspecified atom stereocenters. The number of benzene rings is 2. The Hall–Kier alpha value is -1.81. The van der Waals surface area contributed by atoms with Gasteiger partial charge in [0, 0.05) is 6.21 Å². The van der Waals surface area contributed by atoms with Crippen molar-refractivity contribution in [1.29, 1.82) is 0 Å². The highest BCUT2D eigenvalue weighted by molar-refractivity contribution is 9.10. The fourth-order valence-corrected chi connectivity index (χ4v) is 2.35. The van der Waals surface area contributed by atoms with E-state index in [2.05, 4.69) is 40.8 Å². The van der Waals surface area contributed by atoms with Crippen molar-refractivity contribution < 1.29 is 9.84 Å². The van der Waals surface area contributed by atoms with Gasteiger partial charge in [-0.05, 0) is 77.7 Å². The predicted octanol–water partition coefficient (Wildman–Crippen LogP) is 4.92. The smallest absolute Gasteiger partial charge is 0.172 e. The molecule has 0 amide bonds. The average Bonchev–Trinajstić information content (AvgIpc) is 2.45. The molecule has 3 nitrogen and oxygen atoms in total. The Morgan fingerprint density at radius 1 is 1.19 bits per heavy atom. The number of aromatic hydroxyl groups is 1. The molecule has 0 spiro atoms. The first-order valence-corrected chi connectivity index (χ1v) is 7.57. The van der Waals surface area contributed by atoms with E-state index >= 15 is 0 Å². The lowest BCUT2D eigenvalue weighted by atomic mass is 10.1. The average molecular weight is 348 g/mol. The summed E-state index contributed by atoms with van der Waals surface area (Å²) in [5.41, 5.74) is 4.23. The number of aryl methyl sites for hydroxylation is 2. The van der Waals surface area contributed by atoms with Crippen LogP contribution in [0.1, 0.15) is 23.6 Å². The van der Waals surface area contributed by atoms with Crippen LogP contribution in [0.3, 0.4) is 0 Å². The second-order valence-electron chi connectivity index (χ2n) is 4.81. The van der Waals surface area contributed by atoms with Crippen LogP contribution in [0.15, 0.2) is 39.8 Å². The van der Waals surface area contributed by atoms with Gasteiger partial charge in [0.15, 0.2) is 11.5 Å². The van der Waals surface area contributed by atoms with Crippen LogP contribution in [-0.4, -0.2) is 17.9 Å². The van der Waals surface area contributed by atoms with Gasteiger partial charge in [0.2, 0.25) is 0 Å². The molecule has 0 heterocycles. The van der Waals surface area contributed by atoms with E-state index in [1.807, 2.05) is 25.1 Å². The molecular formula is C17H18BrNO2. The van der Waals surface area contributed by atoms with Gasteiger partial charge in [-0.2, -0.15) is 0 Å². The number of halogens is 1. The quantitative estimate of drug-likeness (QED) is 0.797. The van der Waals surface area contributed by atoms with Gasteiger partial charge in [0.05, 0.1) is 16.8 Å². The number of nitrogens with zero attached hydrogens (tertiary/aromatic N) is 1. The lowest BCUT2D eigenvalue weighted by Gasteiger charge is -2.08. The van der Waals surface area contributed by atoms with Gasteiger partial charge in [-0.1, -0.05) is 6.07 Å². The molecule has 0 saturated carbocycles. The van der Waals surface area contributed by atoms with E-state index in [4.69, 9.17) is 4.74 Å². The van der Waals surface area contributed by atoms with Crippen LogP contribution in [0.5, 0.6) is 11.5 Å². The molecule has 0 saturated heterocycles. The summed E-state index contributed by atoms with van der Waals surface area (Å²) in [4.78, 5) is 4.47. The van der Waals surface area contributed by atoms with Crippen molar-refractivity contribution in [1.82, 2.24) is 0 Å². The van der Waals surface area contributed by atoms with E-state index in [0.717, 1.165) is 11.3 Å². The summed E-state index contributed by atoms with van der Waals surface area (Å²) in [6, 6.07) is 9.67. The molecule has 0 aromatic heterocycles. The number of rotatable bonds is 4. The Labute approximate surface area is 133 Å². The molecule has 0 aliphatic heterocycles. The van der Waals surface area contributed by atoms with Crippen molar-refractivity contribution >= 4 is 27.8 Å². The van der Waals surface area contributed by atoms with E-state index in [-0.39, 0.29) is 5.75 Å². The molecule has 0 radical (unpaired) electrons. The summed E-state index contributed by atoms with van der Waals surface area (Å²) in [6.45, 7) is 6.52. The monoisotopic (exact) mass is 347 g/mol. The highest BCUT2D eigenvalue weighted by Gasteiger charge is 2.08. The molecular weight excluding hydrogens is 330 g/mol. The van der Waals surface area contributed by atoms with Crippen molar-refractivity contribution in [3.63, 3.8) is 0 Å². The summed E-state index contributed by atoms with van der Waals surface area (Å²) < 4.78 is 6.00. The number of hydrogen-bond acceptors (Lipinski definition) is 3. The normalized spacial score (nSPS) is 11.0. The van der Waals surface area contributed by atoms with Crippen molar-refractivity contribution in [2.45, 2.75) is 20.8 Å². The first-order chi connectivity index (χ1) is 10.0. The summed E-state index contributed by atoms with van der Waals surface area (Å²) in [5.74, 6) is 0.564. The van der Waals surface area contributed by atoms with Gasteiger partial charge in [0.25, 0.3) is 0 Å². The molecule has 4 heteroatoms. The third-order valence-corrected chi connectivity index (χ3v) is 3.81. The van der Waals surface area contributed by atoms with Crippen molar-refractivity contribution in [2.75, 3.05) is 6.61 Å². The van der Waals surface area contributed by atoms with Crippen LogP contribution in [0.2, 0.25) is 0 Å². The topological polar surface area (TPSA) is 41.8 Å². The molecule has 0 aliphatic carbocycles. The molecule has 2 aromatic rings. The molecule has 2 aromatic carbocycles. The minimum absolute atomic E-state index is 0.111. The number of phenols is 1. The maximum Gasteiger partial charge on any atom is 0.172 e. The van der Waals surface area contributed by atoms with Gasteiger partial charge in [-0.25, -0.2) is 0 Å². The zero-order chi connectivity index (χ0) is 15.4. The molecule has 0 aliphatic rings. The molecule has 21 heavy (non-hydrogen) atoms. The van der Waals surface area contributed by atoms with Crippen LogP contribution in [0.4, 0.5) is 5.69 Å². The third kappa shape index (κ3) is 3.85. The lowest BCUT2D eigenvalue weighted by Crippen LogP contribution is -1.94. The summed E-state index contributed by atoms with van der Waals surface area (Å²) in [7, 11) is 0. The first-order valence-electron chi connectivity index (χ1n) is 6.78. The molecule has 0 atom stereocenters. The van der Waals surface area contributed by atoms with Crippen molar-refractivity contribution in [3.8, 4) is 11.5 Å². The van der Waals surface area contributed by atoms with E-state index in [1.54, 1.807) is 12.3 Å². The number of phenolic OH excluding ortho intramolecular Hbond substituents is 1. The van der Waals surface area contributed by atoms with Crippen LogP contribution in [-0.2, 0) is 0 Å². The highest BCUT2D eigenvalue weighted by atomic mass is 79.9. The maximum atomic E-state index is 9.89. The number of hydrogen-bond donors (Lipinski definition) is 1. The minimum atomic E-state index is 0.111. The Morgan fingerprint density at radius 3 is 2.62 bits per heavy atom. The van der Waals surface area contributed by atoms with Gasteiger partial charge in [-0.15, -0.1) is 0 Å². The Kier molecular flexibility index (Phi) is 5.02. The minimum Gasteiger partial charge on any atom is -0.503 e. The molecule has 1 N–H and O–H groups in total. The van der Waals surface area contributed by atoms with E-state index in [1.165, 1.54) is 11.1 Å². The summed E-state index contributed by atoms with van der Waals surface area (Å²) in [5, 5.41) is 9.89. The standard InChI is InChI=1S/C17H18BrNO2/c1-4-21-16-9-13(8-15(18)17(16)20)10-19-14-6-5-11(2)12(3)7-14/h5-10,20H,4H2,1-3H3. The predicted molar refractivity (Wildman–Crippen MR) is 90.1 cm³/mol. The Balaban J connectivity index is 2.30. The SMILES string of the molecule is CCOc1cc(C=Nc2ccc(C)c(C)c2)cc(Br)c1O. The first kappa shape index (κ1) is 15.6. The third-order valence-electron chi connectivity index (χ3n) is 3.20. The second-order valence-corrected chi connectivity index (χ2v) is 5.66. The Morgan fingerprint density at radius 2 is 1.95 bits per heavy atom. The maximum absolute atomic E-state index is 9.89. The fraction of sp³-hybridized carbons (Fsp3) is 0.235. The number of aliphatic imine (C=N–C) groups is 1. The zero-order valence-electron chi connectivity index (χ0n) is 12.4. The van der Waals surface area contributed by atoms with Crippen molar-refractivity contribution in [3.05, 3.63) is 51.5 Å². The molecule has 110 valence electrons.